The Labute approximate surface area is 158 Å². The van der Waals surface area contributed by atoms with E-state index in [1.165, 1.54) is 31.2 Å². The third-order valence-corrected chi connectivity index (χ3v) is 6.10. The third-order valence-electron chi connectivity index (χ3n) is 6.10. The highest BCUT2D eigenvalue weighted by Crippen LogP contribution is 2.35. The van der Waals surface area contributed by atoms with Gasteiger partial charge in [-0.05, 0) is 54.6 Å². The second-order valence-corrected chi connectivity index (χ2v) is 8.09. The molecule has 0 radical (unpaired) electrons. The molecule has 0 aromatic heterocycles. The quantitative estimate of drug-likeness (QED) is 0.577. The van der Waals surface area contributed by atoms with Gasteiger partial charge in [0.2, 0.25) is 0 Å². The minimum Gasteiger partial charge on any atom is -0.300 e. The molecule has 138 valence electrons. The lowest BCUT2D eigenvalue weighted by Gasteiger charge is -2.26. The summed E-state index contributed by atoms with van der Waals surface area (Å²) in [6.07, 6.45) is 9.26. The molecule has 4 rings (SSSR count). The maximum Gasteiger partial charge on any atom is 0.132 e. The first kappa shape index (κ1) is 18.9. The van der Waals surface area contributed by atoms with Crippen molar-refractivity contribution in [2.45, 2.75) is 70.1 Å². The molecule has 1 heteroatoms. The summed E-state index contributed by atoms with van der Waals surface area (Å²) in [6, 6.07) is 21.5. The molecule has 2 aromatic carbocycles. The van der Waals surface area contributed by atoms with Crippen LogP contribution >= 0.6 is 0 Å². The number of hydrogen-bond acceptors (Lipinski definition) is 1. The van der Waals surface area contributed by atoms with E-state index >= 15 is 0 Å². The number of rotatable bonds is 2. The van der Waals surface area contributed by atoms with Crippen LogP contribution < -0.4 is 0 Å². The number of benzene rings is 2. The Hall–Kier alpha value is -1.89. The smallest absolute Gasteiger partial charge is 0.132 e. The number of Topliss-reactive ketones (excluding diaryl/α,β-unsaturated/α-hetero) is 1. The monoisotopic (exact) mass is 348 g/mol. The van der Waals surface area contributed by atoms with Gasteiger partial charge in [-0.1, -0.05) is 80.4 Å². The molecule has 0 bridgehead atoms. The molecule has 2 aliphatic carbocycles. The van der Waals surface area contributed by atoms with Crippen molar-refractivity contribution < 1.29 is 4.79 Å². The van der Waals surface area contributed by atoms with Crippen LogP contribution in [0.5, 0.6) is 0 Å². The summed E-state index contributed by atoms with van der Waals surface area (Å²) < 4.78 is 0. The molecule has 26 heavy (non-hydrogen) atoms. The molecule has 0 spiro atoms. The summed E-state index contributed by atoms with van der Waals surface area (Å²) in [5.41, 5.74) is 2.95. The maximum atomic E-state index is 11.0. The van der Waals surface area contributed by atoms with Gasteiger partial charge in [-0.25, -0.2) is 0 Å². The summed E-state index contributed by atoms with van der Waals surface area (Å²) in [7, 11) is 0. The molecule has 0 unspecified atom stereocenters. The lowest BCUT2D eigenvalue weighted by atomic mass is 9.79. The lowest BCUT2D eigenvalue weighted by molar-refractivity contribution is -0.120. The topological polar surface area (TPSA) is 17.1 Å². The van der Waals surface area contributed by atoms with Crippen molar-refractivity contribution in [1.82, 2.24) is 0 Å². The summed E-state index contributed by atoms with van der Waals surface area (Å²) in [5, 5.41) is 0. The Morgan fingerprint density at radius 3 is 1.50 bits per heavy atom. The van der Waals surface area contributed by atoms with Gasteiger partial charge in [0.05, 0.1) is 0 Å². The van der Waals surface area contributed by atoms with Crippen molar-refractivity contribution in [3.63, 3.8) is 0 Å². The zero-order chi connectivity index (χ0) is 18.2. The molecular formula is C25H32O. The largest absolute Gasteiger partial charge is 0.300 e. The fourth-order valence-corrected chi connectivity index (χ4v) is 4.32. The predicted octanol–water partition coefficient (Wildman–Crippen LogP) is 6.89. The molecule has 0 atom stereocenters. The van der Waals surface area contributed by atoms with Gasteiger partial charge in [-0.15, -0.1) is 0 Å². The van der Waals surface area contributed by atoms with Gasteiger partial charge in [-0.2, -0.15) is 0 Å². The van der Waals surface area contributed by atoms with Crippen LogP contribution in [0.2, 0.25) is 0 Å². The average molecular weight is 349 g/mol. The molecular weight excluding hydrogens is 316 g/mol. The number of carbonyl (C=O) groups is 1. The van der Waals surface area contributed by atoms with Crippen molar-refractivity contribution >= 4 is 5.78 Å². The first-order valence-corrected chi connectivity index (χ1v) is 10.3. The molecule has 0 saturated heterocycles. The van der Waals surface area contributed by atoms with Crippen LogP contribution in [0.25, 0.3) is 0 Å². The summed E-state index contributed by atoms with van der Waals surface area (Å²) >= 11 is 0. The van der Waals surface area contributed by atoms with Crippen molar-refractivity contribution in [3.05, 3.63) is 71.8 Å². The standard InChI is InChI=1S/C13H18.C12H14O/c1-11-7-9-13(10-8-11)12-5-3-2-4-6-12;13-12-8-6-11(7-9-12)10-4-2-1-3-5-10/h2-6,11,13H,7-10H2,1H3;1-5,11H,6-9H2. The van der Waals surface area contributed by atoms with Crippen LogP contribution in [0.3, 0.4) is 0 Å². The highest BCUT2D eigenvalue weighted by molar-refractivity contribution is 5.79. The minimum atomic E-state index is 0.437. The molecule has 0 aliphatic heterocycles. The van der Waals surface area contributed by atoms with E-state index < -0.39 is 0 Å². The van der Waals surface area contributed by atoms with Crippen LogP contribution in [0, 0.1) is 5.92 Å². The van der Waals surface area contributed by atoms with E-state index in [2.05, 4.69) is 61.5 Å². The summed E-state index contributed by atoms with van der Waals surface area (Å²) in [6.45, 7) is 2.38. The van der Waals surface area contributed by atoms with Crippen molar-refractivity contribution in [2.24, 2.45) is 5.92 Å². The van der Waals surface area contributed by atoms with E-state index in [-0.39, 0.29) is 0 Å². The van der Waals surface area contributed by atoms with E-state index in [1.54, 1.807) is 5.56 Å². The van der Waals surface area contributed by atoms with Gasteiger partial charge in [0, 0.05) is 12.8 Å². The first-order chi connectivity index (χ1) is 12.7. The second kappa shape index (κ2) is 9.71. The summed E-state index contributed by atoms with van der Waals surface area (Å²) in [4.78, 5) is 11.0. The first-order valence-electron chi connectivity index (χ1n) is 10.3. The van der Waals surface area contributed by atoms with Gasteiger partial charge in [0.15, 0.2) is 0 Å². The van der Waals surface area contributed by atoms with Crippen LogP contribution in [-0.2, 0) is 4.79 Å². The van der Waals surface area contributed by atoms with E-state index in [4.69, 9.17) is 0 Å². The zero-order valence-electron chi connectivity index (χ0n) is 16.1. The zero-order valence-corrected chi connectivity index (χ0v) is 16.1. The van der Waals surface area contributed by atoms with Gasteiger partial charge in [-0.3, -0.25) is 4.79 Å². The molecule has 2 aromatic rings. The van der Waals surface area contributed by atoms with Gasteiger partial charge in [0.1, 0.15) is 5.78 Å². The normalized spacial score (nSPS) is 23.8. The maximum absolute atomic E-state index is 11.0. The molecule has 2 saturated carbocycles. The van der Waals surface area contributed by atoms with Gasteiger partial charge >= 0.3 is 0 Å². The fourth-order valence-electron chi connectivity index (χ4n) is 4.32. The van der Waals surface area contributed by atoms with Gasteiger partial charge < -0.3 is 0 Å². The van der Waals surface area contributed by atoms with Gasteiger partial charge in [0.25, 0.3) is 0 Å². The van der Waals surface area contributed by atoms with Crippen molar-refractivity contribution in [2.75, 3.05) is 0 Å². The molecule has 0 amide bonds. The van der Waals surface area contributed by atoms with Crippen LogP contribution in [0.1, 0.15) is 81.3 Å². The van der Waals surface area contributed by atoms with E-state index in [1.807, 2.05) is 6.07 Å². The van der Waals surface area contributed by atoms with Crippen molar-refractivity contribution in [1.29, 1.82) is 0 Å². The van der Waals surface area contributed by atoms with E-state index in [0.717, 1.165) is 37.5 Å². The number of hydrogen-bond donors (Lipinski definition) is 0. The lowest BCUT2D eigenvalue weighted by Crippen LogP contribution is -2.12. The van der Waals surface area contributed by atoms with Crippen LogP contribution in [0.4, 0.5) is 0 Å². The Bertz CT molecular complexity index is 643. The Morgan fingerprint density at radius 2 is 1.04 bits per heavy atom. The van der Waals surface area contributed by atoms with E-state index in [0.29, 0.717) is 11.7 Å². The predicted molar refractivity (Wildman–Crippen MR) is 109 cm³/mol. The second-order valence-electron chi connectivity index (χ2n) is 8.09. The molecule has 2 aliphatic rings. The third kappa shape index (κ3) is 5.56. The summed E-state index contributed by atoms with van der Waals surface area (Å²) in [5.74, 6) is 2.86. The van der Waals surface area contributed by atoms with Crippen molar-refractivity contribution in [3.8, 4) is 0 Å². The molecule has 0 heterocycles. The Kier molecular flexibility index (Phi) is 7.05. The highest BCUT2D eigenvalue weighted by atomic mass is 16.1. The highest BCUT2D eigenvalue weighted by Gasteiger charge is 2.20. The van der Waals surface area contributed by atoms with E-state index in [9.17, 15) is 4.79 Å². The SMILES string of the molecule is CC1CCC(c2ccccc2)CC1.O=C1CCC(c2ccccc2)CC1. The minimum absolute atomic E-state index is 0.437. The van der Waals surface area contributed by atoms with Crippen LogP contribution in [-0.4, -0.2) is 5.78 Å². The molecule has 2 fully saturated rings. The average Bonchev–Trinajstić information content (AvgIpc) is 2.71. The molecule has 0 N–H and O–H groups in total. The fraction of sp³-hybridized carbons (Fsp3) is 0.480. The Balaban J connectivity index is 0.000000151. The Morgan fingerprint density at radius 1 is 0.615 bits per heavy atom. The number of carbonyl (C=O) groups excluding carboxylic acids is 1. The molecule has 1 nitrogen and oxygen atoms in total. The van der Waals surface area contributed by atoms with Crippen LogP contribution in [0.15, 0.2) is 60.7 Å². The number of ketones is 1.